The largest absolute Gasteiger partial charge is 0.364 e. The molecule has 1 saturated heterocycles. The van der Waals surface area contributed by atoms with Crippen molar-refractivity contribution in [2.24, 2.45) is 12.8 Å². The average Bonchev–Trinajstić information content (AvgIpc) is 3.39. The maximum Gasteiger partial charge on any atom is 0.265 e. The Morgan fingerprint density at radius 3 is 2.31 bits per heavy atom. The van der Waals surface area contributed by atoms with E-state index in [2.05, 4.69) is 6.07 Å². The number of carbonyl (C=O) groups excluding carboxylic acids is 2. The molecule has 1 aliphatic carbocycles. The number of sulfonamides is 1. The summed E-state index contributed by atoms with van der Waals surface area (Å²) in [5, 5.41) is 2.16. The van der Waals surface area contributed by atoms with Crippen LogP contribution in [0.2, 0.25) is 0 Å². The lowest BCUT2D eigenvalue weighted by Gasteiger charge is -2.34. The highest BCUT2D eigenvalue weighted by atomic mass is 32.2. The van der Waals surface area contributed by atoms with Crippen LogP contribution in [0.25, 0.3) is 10.8 Å². The Labute approximate surface area is 186 Å². The number of aromatic nitrogens is 1. The van der Waals surface area contributed by atoms with Crippen LogP contribution in [0.1, 0.15) is 32.0 Å². The van der Waals surface area contributed by atoms with Crippen molar-refractivity contribution in [2.75, 3.05) is 26.2 Å². The van der Waals surface area contributed by atoms with E-state index in [1.165, 1.54) is 37.6 Å². The van der Waals surface area contributed by atoms with Gasteiger partial charge in [-0.2, -0.15) is 4.31 Å². The Kier molecular flexibility index (Phi) is 4.83. The minimum atomic E-state index is -3.78. The molecule has 2 heterocycles. The second kappa shape index (κ2) is 7.46. The number of nitrogens with two attached hydrogens (primary N) is 1. The predicted molar refractivity (Wildman–Crippen MR) is 120 cm³/mol. The van der Waals surface area contributed by atoms with Crippen molar-refractivity contribution >= 4 is 32.6 Å². The lowest BCUT2D eigenvalue weighted by molar-refractivity contribution is 0.0699. The zero-order chi connectivity index (χ0) is 22.6. The molecule has 2 N–H and O–H groups in total. The molecular weight excluding hydrogens is 428 g/mol. The third kappa shape index (κ3) is 3.20. The highest BCUT2D eigenvalue weighted by Gasteiger charge is 2.32. The molecule has 0 spiro atoms. The number of amides is 2. The summed E-state index contributed by atoms with van der Waals surface area (Å²) in [6.07, 6.45) is 3.38. The van der Waals surface area contributed by atoms with Gasteiger partial charge in [0.15, 0.2) is 0 Å². The van der Waals surface area contributed by atoms with Gasteiger partial charge in [-0.25, -0.2) is 8.42 Å². The number of hydrogen-bond acceptors (Lipinski definition) is 4. The van der Waals surface area contributed by atoms with Gasteiger partial charge in [0.2, 0.25) is 10.0 Å². The van der Waals surface area contributed by atoms with Gasteiger partial charge in [-0.3, -0.25) is 9.59 Å². The van der Waals surface area contributed by atoms with E-state index in [1.54, 1.807) is 11.9 Å². The summed E-state index contributed by atoms with van der Waals surface area (Å²) in [4.78, 5) is 26.5. The van der Waals surface area contributed by atoms with Crippen LogP contribution in [-0.2, 0) is 29.9 Å². The molecular formula is C23H24N4O4S. The highest BCUT2D eigenvalue weighted by Crippen LogP contribution is 2.33. The van der Waals surface area contributed by atoms with E-state index in [-0.39, 0.29) is 29.6 Å². The van der Waals surface area contributed by atoms with E-state index in [0.29, 0.717) is 18.7 Å². The maximum absolute atomic E-state index is 13.3. The van der Waals surface area contributed by atoms with Crippen LogP contribution in [0.15, 0.2) is 47.5 Å². The van der Waals surface area contributed by atoms with Gasteiger partial charge in [0.1, 0.15) is 10.6 Å². The lowest BCUT2D eigenvalue weighted by Crippen LogP contribution is -2.50. The minimum absolute atomic E-state index is 0.0288. The van der Waals surface area contributed by atoms with Crippen LogP contribution >= 0.6 is 0 Å². The molecule has 0 saturated carbocycles. The van der Waals surface area contributed by atoms with Crippen molar-refractivity contribution in [1.82, 2.24) is 13.8 Å². The molecule has 1 aliphatic heterocycles. The first kappa shape index (κ1) is 20.7. The molecule has 0 unspecified atom stereocenters. The highest BCUT2D eigenvalue weighted by molar-refractivity contribution is 7.89. The number of rotatable bonds is 4. The quantitative estimate of drug-likeness (QED) is 0.648. The summed E-state index contributed by atoms with van der Waals surface area (Å²) >= 11 is 0. The molecule has 2 aliphatic rings. The normalized spacial score (nSPS) is 16.6. The van der Waals surface area contributed by atoms with Gasteiger partial charge in [0, 0.05) is 45.0 Å². The van der Waals surface area contributed by atoms with E-state index < -0.39 is 15.9 Å². The summed E-state index contributed by atoms with van der Waals surface area (Å²) < 4.78 is 28.8. The van der Waals surface area contributed by atoms with Crippen molar-refractivity contribution in [3.05, 3.63) is 65.0 Å². The van der Waals surface area contributed by atoms with Crippen LogP contribution in [-0.4, -0.2) is 60.2 Å². The number of aryl methyl sites for hydroxylation is 3. The first-order valence-corrected chi connectivity index (χ1v) is 12.0. The summed E-state index contributed by atoms with van der Waals surface area (Å²) in [6, 6.07) is 11.3. The molecule has 8 nitrogen and oxygen atoms in total. The molecule has 32 heavy (non-hydrogen) atoms. The molecule has 3 aromatic rings. The van der Waals surface area contributed by atoms with Crippen LogP contribution in [0.5, 0.6) is 0 Å². The van der Waals surface area contributed by atoms with Crippen LogP contribution in [0.4, 0.5) is 0 Å². The van der Waals surface area contributed by atoms with E-state index in [4.69, 9.17) is 5.73 Å². The Morgan fingerprint density at radius 2 is 1.66 bits per heavy atom. The number of carbonyl (C=O) groups is 2. The fraction of sp³-hybridized carbons (Fsp3) is 0.304. The first-order chi connectivity index (χ1) is 15.3. The van der Waals surface area contributed by atoms with Crippen molar-refractivity contribution in [2.45, 2.75) is 17.7 Å². The van der Waals surface area contributed by atoms with Gasteiger partial charge in [-0.05, 0) is 46.9 Å². The van der Waals surface area contributed by atoms with Gasteiger partial charge in [0.05, 0.1) is 0 Å². The zero-order valence-electron chi connectivity index (χ0n) is 17.7. The van der Waals surface area contributed by atoms with Crippen molar-refractivity contribution in [1.29, 1.82) is 0 Å². The third-order valence-corrected chi connectivity index (χ3v) is 8.37. The molecule has 5 rings (SSSR count). The van der Waals surface area contributed by atoms with Crippen LogP contribution in [0.3, 0.4) is 0 Å². The third-order valence-electron chi connectivity index (χ3n) is 6.50. The Bertz CT molecular complexity index is 1360. The average molecular weight is 453 g/mol. The smallest absolute Gasteiger partial charge is 0.265 e. The summed E-state index contributed by atoms with van der Waals surface area (Å²) in [7, 11) is -2.20. The van der Waals surface area contributed by atoms with Crippen LogP contribution in [0, 0.1) is 0 Å². The SMILES string of the molecule is Cn1cc(S(=O)(=O)N2CCN(C(=O)c3ccc4c5c(cccc35)CC4)CC2)cc1C(N)=O. The van der Waals surface area contributed by atoms with Crippen LogP contribution < -0.4 is 5.73 Å². The Balaban J connectivity index is 1.35. The van der Waals surface area contributed by atoms with E-state index in [9.17, 15) is 18.0 Å². The predicted octanol–water partition coefficient (Wildman–Crippen LogP) is 1.52. The maximum atomic E-state index is 13.3. The second-order valence-corrected chi connectivity index (χ2v) is 10.3. The Morgan fingerprint density at radius 1 is 0.969 bits per heavy atom. The van der Waals surface area contributed by atoms with E-state index >= 15 is 0 Å². The number of hydrogen-bond donors (Lipinski definition) is 1. The molecule has 166 valence electrons. The van der Waals surface area contributed by atoms with Gasteiger partial charge < -0.3 is 15.2 Å². The van der Waals surface area contributed by atoms with Crippen molar-refractivity contribution in [3.8, 4) is 0 Å². The summed E-state index contributed by atoms with van der Waals surface area (Å²) in [6.45, 7) is 0.985. The summed E-state index contributed by atoms with van der Waals surface area (Å²) in [5.74, 6) is -0.761. The molecule has 0 bridgehead atoms. The van der Waals surface area contributed by atoms with Crippen molar-refractivity contribution in [3.63, 3.8) is 0 Å². The van der Waals surface area contributed by atoms with Gasteiger partial charge in [-0.15, -0.1) is 0 Å². The van der Waals surface area contributed by atoms with Gasteiger partial charge >= 0.3 is 0 Å². The number of piperazine rings is 1. The van der Waals surface area contributed by atoms with Gasteiger partial charge in [-0.1, -0.05) is 24.3 Å². The fourth-order valence-electron chi connectivity index (χ4n) is 4.80. The molecule has 2 aromatic carbocycles. The molecule has 0 radical (unpaired) electrons. The molecule has 9 heteroatoms. The number of benzene rings is 2. The van der Waals surface area contributed by atoms with E-state index in [0.717, 1.165) is 18.2 Å². The molecule has 1 aromatic heterocycles. The molecule has 0 atom stereocenters. The monoisotopic (exact) mass is 452 g/mol. The zero-order valence-corrected chi connectivity index (χ0v) is 18.6. The first-order valence-electron chi connectivity index (χ1n) is 10.6. The molecule has 1 fully saturated rings. The topological polar surface area (TPSA) is 106 Å². The Hall–Kier alpha value is -3.17. The summed E-state index contributed by atoms with van der Waals surface area (Å²) in [5.41, 5.74) is 8.66. The second-order valence-electron chi connectivity index (χ2n) is 8.34. The van der Waals surface area contributed by atoms with Gasteiger partial charge in [0.25, 0.3) is 11.8 Å². The fourth-order valence-corrected chi connectivity index (χ4v) is 6.30. The minimum Gasteiger partial charge on any atom is -0.364 e. The lowest BCUT2D eigenvalue weighted by atomic mass is 9.99. The van der Waals surface area contributed by atoms with E-state index in [1.807, 2.05) is 24.3 Å². The number of primary amides is 1. The molecule has 2 amide bonds. The standard InChI is InChI=1S/C23H24N4O4S/c1-25-14-17(13-20(25)22(24)28)32(30,31)27-11-9-26(10-12-27)23(29)19-8-7-16-6-5-15-3-2-4-18(19)21(15)16/h2-4,7-8,13-14H,5-6,9-12H2,1H3,(H2,24,28). The number of nitrogens with zero attached hydrogens (tertiary/aromatic N) is 3. The van der Waals surface area contributed by atoms with Crippen molar-refractivity contribution < 1.29 is 18.0 Å².